The molecule has 0 bridgehead atoms. The second-order valence-electron chi connectivity index (χ2n) is 3.89. The van der Waals surface area contributed by atoms with Crippen molar-refractivity contribution in [2.45, 2.75) is 26.7 Å². The van der Waals surface area contributed by atoms with E-state index in [9.17, 15) is 0 Å². The fourth-order valence-electron chi connectivity index (χ4n) is 1.41. The topological polar surface area (TPSA) is 35.2 Å². The summed E-state index contributed by atoms with van der Waals surface area (Å²) in [5.41, 5.74) is 6.19. The van der Waals surface area contributed by atoms with Crippen LogP contribution in [0.4, 0.5) is 5.69 Å². The molecule has 1 rings (SSSR count). The van der Waals surface area contributed by atoms with Crippen molar-refractivity contribution in [1.29, 1.82) is 0 Å². The van der Waals surface area contributed by atoms with Crippen LogP contribution in [0.15, 0.2) is 18.2 Å². The molecule has 0 aliphatic rings. The number of rotatable bonds is 5. The molecule has 0 aliphatic carbocycles. The standard InChI is InChI=1S/C12H18ClNO/c1-3-4-9(2)8-15-10-5-6-12(14)11(13)7-10/h5-7,9H,3-4,8,14H2,1-2H3. The number of hydrogen-bond acceptors (Lipinski definition) is 2. The summed E-state index contributed by atoms with van der Waals surface area (Å²) >= 11 is 5.89. The third-order valence-electron chi connectivity index (χ3n) is 2.29. The molecule has 84 valence electrons. The van der Waals surface area contributed by atoms with Crippen LogP contribution < -0.4 is 10.5 Å². The zero-order valence-corrected chi connectivity index (χ0v) is 10.1. The van der Waals surface area contributed by atoms with Crippen LogP contribution in [0.5, 0.6) is 5.75 Å². The summed E-state index contributed by atoms with van der Waals surface area (Å²) in [4.78, 5) is 0. The minimum absolute atomic E-state index is 0.552. The second-order valence-corrected chi connectivity index (χ2v) is 4.30. The lowest BCUT2D eigenvalue weighted by Crippen LogP contribution is -2.08. The van der Waals surface area contributed by atoms with Gasteiger partial charge in [-0.15, -0.1) is 0 Å². The quantitative estimate of drug-likeness (QED) is 0.778. The molecule has 0 spiro atoms. The van der Waals surface area contributed by atoms with Crippen LogP contribution in [0.3, 0.4) is 0 Å². The number of ether oxygens (including phenoxy) is 1. The van der Waals surface area contributed by atoms with Gasteiger partial charge in [0.15, 0.2) is 0 Å². The summed E-state index contributed by atoms with van der Waals surface area (Å²) < 4.78 is 5.62. The number of halogens is 1. The molecule has 0 saturated carbocycles. The molecule has 1 unspecified atom stereocenters. The first kappa shape index (κ1) is 12.2. The van der Waals surface area contributed by atoms with Crippen molar-refractivity contribution in [3.05, 3.63) is 23.2 Å². The van der Waals surface area contributed by atoms with Crippen LogP contribution in [0.2, 0.25) is 5.02 Å². The Bertz CT molecular complexity index is 314. The fourth-order valence-corrected chi connectivity index (χ4v) is 1.58. The first-order valence-electron chi connectivity index (χ1n) is 5.31. The Morgan fingerprint density at radius 2 is 2.20 bits per heavy atom. The zero-order chi connectivity index (χ0) is 11.3. The Balaban J connectivity index is 2.47. The number of benzene rings is 1. The van der Waals surface area contributed by atoms with Gasteiger partial charge in [0.1, 0.15) is 5.75 Å². The van der Waals surface area contributed by atoms with Crippen LogP contribution in [0.1, 0.15) is 26.7 Å². The lowest BCUT2D eigenvalue weighted by Gasteiger charge is -2.12. The Hall–Kier alpha value is -0.890. The van der Waals surface area contributed by atoms with Crippen LogP contribution >= 0.6 is 11.6 Å². The van der Waals surface area contributed by atoms with E-state index in [0.29, 0.717) is 16.6 Å². The van der Waals surface area contributed by atoms with Crippen molar-refractivity contribution in [1.82, 2.24) is 0 Å². The van der Waals surface area contributed by atoms with Crippen LogP contribution in [-0.2, 0) is 0 Å². The smallest absolute Gasteiger partial charge is 0.120 e. The number of anilines is 1. The molecule has 3 heteroatoms. The third-order valence-corrected chi connectivity index (χ3v) is 2.62. The Morgan fingerprint density at radius 1 is 1.47 bits per heavy atom. The molecular formula is C12H18ClNO. The zero-order valence-electron chi connectivity index (χ0n) is 9.29. The van der Waals surface area contributed by atoms with Gasteiger partial charge in [-0.25, -0.2) is 0 Å². The molecule has 0 radical (unpaired) electrons. The van der Waals surface area contributed by atoms with Crippen LogP contribution in [0, 0.1) is 5.92 Å². The molecule has 2 nitrogen and oxygen atoms in total. The van der Waals surface area contributed by atoms with Crippen LogP contribution in [0.25, 0.3) is 0 Å². The first-order chi connectivity index (χ1) is 7.13. The molecule has 0 fully saturated rings. The molecular weight excluding hydrogens is 210 g/mol. The van der Waals surface area contributed by atoms with E-state index in [1.807, 2.05) is 6.07 Å². The van der Waals surface area contributed by atoms with Gasteiger partial charge in [0, 0.05) is 6.07 Å². The first-order valence-corrected chi connectivity index (χ1v) is 5.69. The summed E-state index contributed by atoms with van der Waals surface area (Å²) in [7, 11) is 0. The Morgan fingerprint density at radius 3 is 2.80 bits per heavy atom. The molecule has 0 amide bonds. The van der Waals surface area contributed by atoms with Crippen molar-refractivity contribution in [2.24, 2.45) is 5.92 Å². The third kappa shape index (κ3) is 4.00. The van der Waals surface area contributed by atoms with Gasteiger partial charge in [0.05, 0.1) is 17.3 Å². The highest BCUT2D eigenvalue weighted by Crippen LogP contribution is 2.24. The Kier molecular flexibility index (Phi) is 4.76. The van der Waals surface area contributed by atoms with Crippen molar-refractivity contribution in [2.75, 3.05) is 12.3 Å². The highest BCUT2D eigenvalue weighted by Gasteiger charge is 2.03. The van der Waals surface area contributed by atoms with Crippen molar-refractivity contribution in [3.63, 3.8) is 0 Å². The van der Waals surface area contributed by atoms with E-state index < -0.39 is 0 Å². The van der Waals surface area contributed by atoms with Crippen molar-refractivity contribution < 1.29 is 4.74 Å². The SMILES string of the molecule is CCCC(C)COc1ccc(N)c(Cl)c1. The summed E-state index contributed by atoms with van der Waals surface area (Å²) in [5, 5.41) is 0.552. The maximum Gasteiger partial charge on any atom is 0.120 e. The predicted octanol–water partition coefficient (Wildman–Crippen LogP) is 3.74. The minimum Gasteiger partial charge on any atom is -0.493 e. The van der Waals surface area contributed by atoms with Gasteiger partial charge in [0.2, 0.25) is 0 Å². The maximum atomic E-state index is 5.89. The molecule has 0 heterocycles. The summed E-state index contributed by atoms with van der Waals surface area (Å²) in [6.45, 7) is 5.09. The number of nitrogen functional groups attached to an aromatic ring is 1. The number of nitrogens with two attached hydrogens (primary N) is 1. The normalized spacial score (nSPS) is 12.5. The molecule has 0 aliphatic heterocycles. The predicted molar refractivity (Wildman–Crippen MR) is 65.4 cm³/mol. The molecule has 2 N–H and O–H groups in total. The van der Waals surface area contributed by atoms with Gasteiger partial charge < -0.3 is 10.5 Å². The summed E-state index contributed by atoms with van der Waals surface area (Å²) in [5.74, 6) is 1.36. The van der Waals surface area contributed by atoms with Crippen molar-refractivity contribution in [3.8, 4) is 5.75 Å². The molecule has 1 aromatic carbocycles. The second kappa shape index (κ2) is 5.86. The van der Waals surface area contributed by atoms with Gasteiger partial charge in [-0.2, -0.15) is 0 Å². The average molecular weight is 228 g/mol. The lowest BCUT2D eigenvalue weighted by atomic mass is 10.1. The van der Waals surface area contributed by atoms with Crippen molar-refractivity contribution >= 4 is 17.3 Å². The highest BCUT2D eigenvalue weighted by molar-refractivity contribution is 6.33. The molecule has 1 atom stereocenters. The monoisotopic (exact) mass is 227 g/mol. The Labute approximate surface area is 96.4 Å². The van der Waals surface area contributed by atoms with Gasteiger partial charge in [-0.1, -0.05) is 31.9 Å². The van der Waals surface area contributed by atoms with Gasteiger partial charge in [-0.05, 0) is 24.5 Å². The van der Waals surface area contributed by atoms with E-state index >= 15 is 0 Å². The number of hydrogen-bond donors (Lipinski definition) is 1. The van der Waals surface area contributed by atoms with E-state index in [2.05, 4.69) is 13.8 Å². The van der Waals surface area contributed by atoms with Gasteiger partial charge >= 0.3 is 0 Å². The largest absolute Gasteiger partial charge is 0.493 e. The summed E-state index contributed by atoms with van der Waals surface area (Å²) in [6, 6.07) is 5.37. The highest BCUT2D eigenvalue weighted by atomic mass is 35.5. The minimum atomic E-state index is 0.552. The molecule has 1 aromatic rings. The maximum absolute atomic E-state index is 5.89. The van der Waals surface area contributed by atoms with Gasteiger partial charge in [0.25, 0.3) is 0 Å². The van der Waals surface area contributed by atoms with E-state index in [1.54, 1.807) is 12.1 Å². The van der Waals surface area contributed by atoms with E-state index in [-0.39, 0.29) is 0 Å². The van der Waals surface area contributed by atoms with E-state index in [1.165, 1.54) is 12.8 Å². The molecule has 0 aromatic heterocycles. The van der Waals surface area contributed by atoms with E-state index in [4.69, 9.17) is 22.1 Å². The van der Waals surface area contributed by atoms with Gasteiger partial charge in [-0.3, -0.25) is 0 Å². The average Bonchev–Trinajstić information content (AvgIpc) is 2.20. The van der Waals surface area contributed by atoms with Crippen LogP contribution in [-0.4, -0.2) is 6.61 Å². The van der Waals surface area contributed by atoms with E-state index in [0.717, 1.165) is 12.4 Å². The molecule has 0 saturated heterocycles. The summed E-state index contributed by atoms with van der Waals surface area (Å²) in [6.07, 6.45) is 2.37. The fraction of sp³-hybridized carbons (Fsp3) is 0.500. The molecule has 15 heavy (non-hydrogen) atoms. The lowest BCUT2D eigenvalue weighted by molar-refractivity contribution is 0.251.